The summed E-state index contributed by atoms with van der Waals surface area (Å²) in [7, 11) is 1.70. The molecule has 0 aliphatic heterocycles. The van der Waals surface area contributed by atoms with Gasteiger partial charge in [-0.3, -0.25) is 19.4 Å². The molecular formula is C35H37N3O5. The molecule has 0 saturated carbocycles. The number of benzene rings is 3. The van der Waals surface area contributed by atoms with Gasteiger partial charge in [-0.05, 0) is 80.3 Å². The average molecular weight is 580 g/mol. The number of hydrogen-bond acceptors (Lipinski definition) is 5. The summed E-state index contributed by atoms with van der Waals surface area (Å²) in [6.45, 7) is 6.70. The summed E-state index contributed by atoms with van der Waals surface area (Å²) in [6.07, 6.45) is 3.64. The zero-order valence-electron chi connectivity index (χ0n) is 25.0. The number of nitrogens with zero attached hydrogens (tertiary/aromatic N) is 3. The number of carbonyl (C=O) groups is 3. The minimum absolute atomic E-state index is 0.0575. The van der Waals surface area contributed by atoms with Crippen molar-refractivity contribution in [1.29, 1.82) is 0 Å². The molecule has 1 N–H and O–H groups in total. The lowest BCUT2D eigenvalue weighted by atomic mass is 9.91. The maximum absolute atomic E-state index is 14.2. The lowest BCUT2D eigenvalue weighted by Crippen LogP contribution is -2.35. The molecule has 0 saturated heterocycles. The molecule has 0 spiro atoms. The third kappa shape index (κ3) is 7.86. The van der Waals surface area contributed by atoms with Gasteiger partial charge in [0.05, 0.1) is 24.9 Å². The second-order valence-electron chi connectivity index (χ2n) is 10.4. The predicted octanol–water partition coefficient (Wildman–Crippen LogP) is 6.20. The molecule has 43 heavy (non-hydrogen) atoms. The van der Waals surface area contributed by atoms with Crippen molar-refractivity contribution in [3.8, 4) is 16.9 Å². The van der Waals surface area contributed by atoms with Gasteiger partial charge in [0.15, 0.2) is 0 Å². The van der Waals surface area contributed by atoms with Crippen molar-refractivity contribution in [3.05, 3.63) is 113 Å². The van der Waals surface area contributed by atoms with Crippen LogP contribution in [0, 0.1) is 13.8 Å². The summed E-state index contributed by atoms with van der Waals surface area (Å²) in [5, 5.41) is 9.43. The van der Waals surface area contributed by atoms with E-state index in [1.54, 1.807) is 36.5 Å². The van der Waals surface area contributed by atoms with Crippen molar-refractivity contribution in [2.24, 2.45) is 0 Å². The fourth-order valence-electron chi connectivity index (χ4n) is 4.89. The van der Waals surface area contributed by atoms with E-state index in [9.17, 15) is 19.5 Å². The van der Waals surface area contributed by atoms with Gasteiger partial charge in [-0.25, -0.2) is 0 Å². The number of carbonyl (C=O) groups excluding carboxylic acids is 2. The second kappa shape index (κ2) is 14.3. The molecule has 0 atom stereocenters. The number of hydrogen-bond donors (Lipinski definition) is 1. The number of amides is 2. The van der Waals surface area contributed by atoms with Crippen LogP contribution in [0.4, 0.5) is 5.69 Å². The summed E-state index contributed by atoms with van der Waals surface area (Å²) in [5.74, 6) is -0.727. The Morgan fingerprint density at radius 3 is 2.02 bits per heavy atom. The summed E-state index contributed by atoms with van der Waals surface area (Å²) in [4.78, 5) is 46.8. The van der Waals surface area contributed by atoms with E-state index in [0.717, 1.165) is 22.4 Å². The van der Waals surface area contributed by atoms with Gasteiger partial charge in [0, 0.05) is 37.5 Å². The molecule has 4 aromatic rings. The van der Waals surface area contributed by atoms with Crippen LogP contribution in [-0.2, 0) is 11.2 Å². The zero-order valence-corrected chi connectivity index (χ0v) is 25.0. The summed E-state index contributed by atoms with van der Waals surface area (Å²) in [6, 6.07) is 22.4. The van der Waals surface area contributed by atoms with E-state index in [0.29, 0.717) is 47.5 Å². The summed E-state index contributed by atoms with van der Waals surface area (Å²) >= 11 is 0. The van der Waals surface area contributed by atoms with E-state index < -0.39 is 5.97 Å². The van der Waals surface area contributed by atoms with E-state index in [-0.39, 0.29) is 24.8 Å². The summed E-state index contributed by atoms with van der Waals surface area (Å²) < 4.78 is 5.53. The van der Waals surface area contributed by atoms with Gasteiger partial charge in [-0.1, -0.05) is 47.5 Å². The fourth-order valence-corrected chi connectivity index (χ4v) is 4.89. The van der Waals surface area contributed by atoms with Gasteiger partial charge in [-0.15, -0.1) is 0 Å². The molecule has 3 aromatic carbocycles. The maximum Gasteiger partial charge on any atom is 0.305 e. The van der Waals surface area contributed by atoms with Crippen LogP contribution in [0.15, 0.2) is 85.2 Å². The normalized spacial score (nSPS) is 10.7. The third-order valence-electron chi connectivity index (χ3n) is 7.23. The van der Waals surface area contributed by atoms with Gasteiger partial charge < -0.3 is 19.6 Å². The van der Waals surface area contributed by atoms with E-state index in [4.69, 9.17) is 4.74 Å². The van der Waals surface area contributed by atoms with Gasteiger partial charge in [-0.2, -0.15) is 0 Å². The predicted molar refractivity (Wildman–Crippen MR) is 168 cm³/mol. The number of carboxylic acid groups (broad SMARTS) is 1. The highest BCUT2D eigenvalue weighted by atomic mass is 16.5. The van der Waals surface area contributed by atoms with Crippen LogP contribution >= 0.6 is 0 Å². The Morgan fingerprint density at radius 2 is 1.47 bits per heavy atom. The first kappa shape index (κ1) is 31.0. The molecule has 8 heteroatoms. The van der Waals surface area contributed by atoms with E-state index >= 15 is 0 Å². The quantitative estimate of drug-likeness (QED) is 0.215. The molecule has 4 rings (SSSR count). The molecule has 0 unspecified atom stereocenters. The van der Waals surface area contributed by atoms with E-state index in [1.807, 2.05) is 81.4 Å². The van der Waals surface area contributed by atoms with Gasteiger partial charge in [0.25, 0.3) is 11.8 Å². The van der Waals surface area contributed by atoms with Crippen molar-refractivity contribution >= 4 is 23.5 Å². The van der Waals surface area contributed by atoms with Gasteiger partial charge in [0.2, 0.25) is 0 Å². The molecule has 0 aliphatic carbocycles. The van der Waals surface area contributed by atoms with Crippen LogP contribution in [0.25, 0.3) is 11.1 Å². The Bertz CT molecular complexity index is 1590. The number of aromatic nitrogens is 1. The van der Waals surface area contributed by atoms with Crippen LogP contribution in [0.5, 0.6) is 5.75 Å². The van der Waals surface area contributed by atoms with Crippen molar-refractivity contribution in [2.45, 2.75) is 33.6 Å². The first-order valence-electron chi connectivity index (χ1n) is 14.3. The Hall–Kier alpha value is -4.98. The Labute approximate surface area is 252 Å². The number of carboxylic acids is 1. The molecule has 222 valence electrons. The van der Waals surface area contributed by atoms with Crippen molar-refractivity contribution in [1.82, 2.24) is 9.88 Å². The molecular weight excluding hydrogens is 542 g/mol. The van der Waals surface area contributed by atoms with Gasteiger partial charge in [0.1, 0.15) is 5.75 Å². The minimum atomic E-state index is -0.979. The highest BCUT2D eigenvalue weighted by molar-refractivity contribution is 6.12. The first-order valence-corrected chi connectivity index (χ1v) is 14.3. The fraction of sp³-hybridized carbons (Fsp3) is 0.257. The Balaban J connectivity index is 1.70. The molecule has 8 nitrogen and oxygen atoms in total. The lowest BCUT2D eigenvalue weighted by Gasteiger charge is -2.25. The van der Waals surface area contributed by atoms with E-state index in [2.05, 4.69) is 4.98 Å². The average Bonchev–Trinajstić information content (AvgIpc) is 3.01. The van der Waals surface area contributed by atoms with Crippen LogP contribution in [0.3, 0.4) is 0 Å². The monoisotopic (exact) mass is 579 g/mol. The number of aliphatic carboxylic acids is 1. The molecule has 0 radical (unpaired) electrons. The van der Waals surface area contributed by atoms with Crippen molar-refractivity contribution in [3.63, 3.8) is 0 Å². The lowest BCUT2D eigenvalue weighted by molar-refractivity contribution is -0.137. The van der Waals surface area contributed by atoms with Gasteiger partial charge >= 0.3 is 5.97 Å². The topological polar surface area (TPSA) is 100 Å². The Kier molecular flexibility index (Phi) is 10.3. The largest absolute Gasteiger partial charge is 0.494 e. The molecule has 1 aromatic heterocycles. The molecule has 0 fully saturated rings. The SMILES string of the molecule is CCOc1ccc(CCN(CCC(=O)O)C(=O)c2cc(C)ccc2-c2ccc(C)cc2C(=O)N(C)c2cccnc2)cc1. The van der Waals surface area contributed by atoms with Crippen LogP contribution in [0.2, 0.25) is 0 Å². The third-order valence-corrected chi connectivity index (χ3v) is 7.23. The number of pyridine rings is 1. The van der Waals surface area contributed by atoms with Crippen LogP contribution in [-0.4, -0.2) is 59.5 Å². The molecule has 2 amide bonds. The molecule has 1 heterocycles. The number of anilines is 1. The highest BCUT2D eigenvalue weighted by Crippen LogP contribution is 2.31. The number of aryl methyl sites for hydroxylation is 2. The first-order chi connectivity index (χ1) is 20.7. The number of ether oxygens (including phenoxy) is 1. The second-order valence-corrected chi connectivity index (χ2v) is 10.4. The minimum Gasteiger partial charge on any atom is -0.494 e. The van der Waals surface area contributed by atoms with Crippen molar-refractivity contribution in [2.75, 3.05) is 31.6 Å². The standard InChI is InChI=1S/C35H37N3O5/c1-5-43-28-12-10-26(11-13-28)16-19-38(20-17-33(39)40)35(42)32-22-25(3)9-15-30(32)29-14-8-24(2)21-31(29)34(41)37(4)27-7-6-18-36-23-27/h6-15,18,21-23H,5,16-17,19-20H2,1-4H3,(H,39,40). The molecule has 0 bridgehead atoms. The Morgan fingerprint density at radius 1 is 0.837 bits per heavy atom. The highest BCUT2D eigenvalue weighted by Gasteiger charge is 2.25. The van der Waals surface area contributed by atoms with Crippen molar-refractivity contribution < 1.29 is 24.2 Å². The maximum atomic E-state index is 14.2. The number of rotatable bonds is 12. The zero-order chi connectivity index (χ0) is 30.9. The van der Waals surface area contributed by atoms with Crippen LogP contribution < -0.4 is 9.64 Å². The molecule has 0 aliphatic rings. The van der Waals surface area contributed by atoms with Crippen LogP contribution in [0.1, 0.15) is 50.8 Å². The van der Waals surface area contributed by atoms with E-state index in [1.165, 1.54) is 4.90 Å². The smallest absolute Gasteiger partial charge is 0.305 e. The summed E-state index contributed by atoms with van der Waals surface area (Å²) in [5.41, 5.74) is 5.55.